The summed E-state index contributed by atoms with van der Waals surface area (Å²) in [6, 6.07) is 23.6. The van der Waals surface area contributed by atoms with Gasteiger partial charge in [0.05, 0.1) is 12.8 Å². The number of amides is 1. The molecule has 0 bridgehead atoms. The van der Waals surface area contributed by atoms with E-state index >= 15 is 0 Å². The molecular weight excluding hydrogens is 438 g/mol. The van der Waals surface area contributed by atoms with Crippen LogP contribution in [0.1, 0.15) is 5.56 Å². The van der Waals surface area contributed by atoms with Gasteiger partial charge in [-0.25, -0.2) is 9.67 Å². The molecule has 0 spiro atoms. The number of para-hydroxylation sites is 2. The Kier molecular flexibility index (Phi) is 6.57. The lowest BCUT2D eigenvalue weighted by Crippen LogP contribution is -2.48. The van der Waals surface area contributed by atoms with Crippen LogP contribution in [-0.4, -0.2) is 58.9 Å². The van der Waals surface area contributed by atoms with E-state index in [4.69, 9.17) is 9.84 Å². The van der Waals surface area contributed by atoms with Crippen molar-refractivity contribution in [1.82, 2.24) is 19.7 Å². The van der Waals surface area contributed by atoms with Gasteiger partial charge in [0, 0.05) is 55.8 Å². The Morgan fingerprint density at radius 2 is 1.66 bits per heavy atom. The van der Waals surface area contributed by atoms with Gasteiger partial charge in [-0.15, -0.1) is 0 Å². The van der Waals surface area contributed by atoms with Crippen LogP contribution in [0.15, 0.2) is 91.3 Å². The molecule has 5 rings (SSSR count). The third-order valence-corrected chi connectivity index (χ3v) is 6.10. The van der Waals surface area contributed by atoms with E-state index in [0.29, 0.717) is 13.1 Å². The molecule has 4 aromatic rings. The van der Waals surface area contributed by atoms with Crippen LogP contribution in [0, 0.1) is 0 Å². The Morgan fingerprint density at radius 3 is 2.40 bits per heavy atom. The SMILES string of the molecule is COc1ccccc1-c1nn(-c2ccccc2)cc1C=CC(=O)N1CCN(c2ccccn2)CC1. The Hall–Kier alpha value is -4.39. The molecule has 0 N–H and O–H groups in total. The lowest BCUT2D eigenvalue weighted by Gasteiger charge is -2.34. The van der Waals surface area contributed by atoms with Crippen LogP contribution in [0.3, 0.4) is 0 Å². The zero-order valence-electron chi connectivity index (χ0n) is 19.6. The maximum atomic E-state index is 13.0. The van der Waals surface area contributed by atoms with Crippen molar-refractivity contribution in [1.29, 1.82) is 0 Å². The Bertz CT molecular complexity index is 1310. The van der Waals surface area contributed by atoms with Crippen molar-refractivity contribution in [2.24, 2.45) is 0 Å². The van der Waals surface area contributed by atoms with Gasteiger partial charge in [-0.1, -0.05) is 36.4 Å². The minimum atomic E-state index is -0.0101. The number of methoxy groups -OCH3 is 1. The van der Waals surface area contributed by atoms with Crippen LogP contribution in [0.5, 0.6) is 5.75 Å². The molecule has 3 heterocycles. The predicted molar refractivity (Wildman–Crippen MR) is 138 cm³/mol. The average molecular weight is 466 g/mol. The van der Waals surface area contributed by atoms with E-state index in [1.165, 1.54) is 0 Å². The average Bonchev–Trinajstić information content (AvgIpc) is 3.37. The fourth-order valence-corrected chi connectivity index (χ4v) is 4.24. The predicted octanol–water partition coefficient (Wildman–Crippen LogP) is 4.30. The molecule has 1 aliphatic rings. The third-order valence-electron chi connectivity index (χ3n) is 6.10. The number of hydrogen-bond donors (Lipinski definition) is 0. The Morgan fingerprint density at radius 1 is 0.914 bits per heavy atom. The summed E-state index contributed by atoms with van der Waals surface area (Å²) < 4.78 is 7.41. The van der Waals surface area contributed by atoms with E-state index in [0.717, 1.165) is 47.2 Å². The number of carbonyl (C=O) groups is 1. The van der Waals surface area contributed by atoms with Gasteiger partial charge in [0.2, 0.25) is 5.91 Å². The highest BCUT2D eigenvalue weighted by Gasteiger charge is 2.21. The maximum absolute atomic E-state index is 13.0. The number of piperazine rings is 1. The van der Waals surface area contributed by atoms with Gasteiger partial charge in [-0.2, -0.15) is 5.10 Å². The summed E-state index contributed by atoms with van der Waals surface area (Å²) in [6.45, 7) is 2.83. The highest BCUT2D eigenvalue weighted by Crippen LogP contribution is 2.32. The number of rotatable bonds is 6. The summed E-state index contributed by atoms with van der Waals surface area (Å²) in [6.07, 6.45) is 7.23. The lowest BCUT2D eigenvalue weighted by atomic mass is 10.1. The second-order valence-corrected chi connectivity index (χ2v) is 8.25. The molecule has 1 fully saturated rings. The van der Waals surface area contributed by atoms with Gasteiger partial charge >= 0.3 is 0 Å². The van der Waals surface area contributed by atoms with Crippen molar-refractivity contribution in [3.8, 4) is 22.7 Å². The zero-order valence-corrected chi connectivity index (χ0v) is 19.6. The number of nitrogens with zero attached hydrogens (tertiary/aromatic N) is 5. The third kappa shape index (κ3) is 4.94. The number of pyridine rings is 1. The van der Waals surface area contributed by atoms with E-state index in [1.807, 2.05) is 94.7 Å². The second-order valence-electron chi connectivity index (χ2n) is 8.25. The van der Waals surface area contributed by atoms with Crippen LogP contribution in [0.4, 0.5) is 5.82 Å². The van der Waals surface area contributed by atoms with E-state index in [1.54, 1.807) is 19.4 Å². The molecule has 1 aliphatic heterocycles. The topological polar surface area (TPSA) is 63.5 Å². The second kappa shape index (κ2) is 10.3. The normalized spacial score (nSPS) is 13.9. The van der Waals surface area contributed by atoms with Gasteiger partial charge in [0.15, 0.2) is 0 Å². The van der Waals surface area contributed by atoms with Gasteiger partial charge in [-0.3, -0.25) is 4.79 Å². The number of anilines is 1. The quantitative estimate of drug-likeness (QED) is 0.397. The van der Waals surface area contributed by atoms with Gasteiger partial charge < -0.3 is 14.5 Å². The van der Waals surface area contributed by atoms with Crippen molar-refractivity contribution in [3.05, 3.63) is 96.8 Å². The van der Waals surface area contributed by atoms with Crippen LogP contribution in [0.25, 0.3) is 23.0 Å². The van der Waals surface area contributed by atoms with Gasteiger partial charge in [-0.05, 0) is 42.5 Å². The van der Waals surface area contributed by atoms with Crippen molar-refractivity contribution in [3.63, 3.8) is 0 Å². The van der Waals surface area contributed by atoms with Crippen molar-refractivity contribution < 1.29 is 9.53 Å². The van der Waals surface area contributed by atoms with Crippen molar-refractivity contribution in [2.45, 2.75) is 0 Å². The minimum absolute atomic E-state index is 0.0101. The van der Waals surface area contributed by atoms with Crippen molar-refractivity contribution in [2.75, 3.05) is 38.2 Å². The molecular formula is C28H27N5O2. The van der Waals surface area contributed by atoms with E-state index in [-0.39, 0.29) is 5.91 Å². The molecule has 0 radical (unpaired) electrons. The van der Waals surface area contributed by atoms with Crippen LogP contribution >= 0.6 is 0 Å². The highest BCUT2D eigenvalue weighted by atomic mass is 16.5. The molecule has 176 valence electrons. The summed E-state index contributed by atoms with van der Waals surface area (Å²) in [5.41, 5.74) is 3.43. The molecule has 7 heteroatoms. The van der Waals surface area contributed by atoms with E-state index < -0.39 is 0 Å². The number of ether oxygens (including phenoxy) is 1. The molecule has 2 aromatic heterocycles. The van der Waals surface area contributed by atoms with Crippen LogP contribution < -0.4 is 9.64 Å². The first kappa shape index (κ1) is 22.4. The molecule has 2 aromatic carbocycles. The first-order chi connectivity index (χ1) is 17.2. The fourth-order valence-electron chi connectivity index (χ4n) is 4.24. The van der Waals surface area contributed by atoms with Crippen LogP contribution in [-0.2, 0) is 4.79 Å². The lowest BCUT2D eigenvalue weighted by molar-refractivity contribution is -0.126. The molecule has 0 saturated carbocycles. The number of carbonyl (C=O) groups excluding carboxylic acids is 1. The number of aromatic nitrogens is 3. The van der Waals surface area contributed by atoms with Gasteiger partial charge in [0.1, 0.15) is 17.3 Å². The molecule has 7 nitrogen and oxygen atoms in total. The summed E-state index contributed by atoms with van der Waals surface area (Å²) in [7, 11) is 1.65. The molecule has 0 unspecified atom stereocenters. The van der Waals surface area contributed by atoms with Gasteiger partial charge in [0.25, 0.3) is 0 Å². The van der Waals surface area contributed by atoms with Crippen molar-refractivity contribution >= 4 is 17.8 Å². The van der Waals surface area contributed by atoms with Crippen LogP contribution in [0.2, 0.25) is 0 Å². The smallest absolute Gasteiger partial charge is 0.246 e. The monoisotopic (exact) mass is 465 g/mol. The molecule has 35 heavy (non-hydrogen) atoms. The first-order valence-corrected chi connectivity index (χ1v) is 11.6. The van der Waals surface area contributed by atoms with E-state index in [2.05, 4.69) is 9.88 Å². The fraction of sp³-hybridized carbons (Fsp3) is 0.179. The molecule has 1 amide bonds. The molecule has 1 saturated heterocycles. The van der Waals surface area contributed by atoms with E-state index in [9.17, 15) is 4.79 Å². The number of hydrogen-bond acceptors (Lipinski definition) is 5. The maximum Gasteiger partial charge on any atom is 0.246 e. The largest absolute Gasteiger partial charge is 0.496 e. The molecule has 0 atom stereocenters. The summed E-state index contributed by atoms with van der Waals surface area (Å²) >= 11 is 0. The standard InChI is InChI=1S/C28H27N5O2/c1-35-25-12-6-5-11-24(25)28-22(21-33(30-28)23-9-3-2-4-10-23)14-15-27(34)32-19-17-31(18-20-32)26-13-7-8-16-29-26/h2-16,21H,17-20H2,1H3. The summed E-state index contributed by atoms with van der Waals surface area (Å²) in [4.78, 5) is 21.5. The Labute approximate surface area is 204 Å². The summed E-state index contributed by atoms with van der Waals surface area (Å²) in [5, 5.41) is 4.84. The zero-order chi connectivity index (χ0) is 24.0. The Balaban J connectivity index is 1.37. The minimum Gasteiger partial charge on any atom is -0.496 e. The summed E-state index contributed by atoms with van der Waals surface area (Å²) in [5.74, 6) is 1.67. The highest BCUT2D eigenvalue weighted by molar-refractivity contribution is 5.93. The number of benzene rings is 2. The first-order valence-electron chi connectivity index (χ1n) is 11.6. The molecule has 0 aliphatic carbocycles.